The molecule has 0 aliphatic heterocycles. The zero-order valence-corrected chi connectivity index (χ0v) is 29.2. The van der Waals surface area contributed by atoms with Crippen molar-refractivity contribution in [3.05, 3.63) is 36.5 Å². The smallest absolute Gasteiger partial charge is 0.306 e. The maximum atomic E-state index is 12.4. The number of aliphatic carboxylic acids is 1. The first kappa shape index (κ1) is 42.2. The molecule has 0 radical (unpaired) electrons. The number of hydrogen-bond donors (Lipinski definition) is 1. The van der Waals surface area contributed by atoms with Gasteiger partial charge in [0.1, 0.15) is 6.10 Å². The highest BCUT2D eigenvalue weighted by atomic mass is 16.5. The Morgan fingerprint density at radius 2 is 0.909 bits per heavy atom. The van der Waals surface area contributed by atoms with Crippen molar-refractivity contribution in [2.24, 2.45) is 0 Å². The van der Waals surface area contributed by atoms with Gasteiger partial charge >= 0.3 is 11.9 Å². The summed E-state index contributed by atoms with van der Waals surface area (Å²) in [5.74, 6) is -0.685. The summed E-state index contributed by atoms with van der Waals surface area (Å²) in [6.07, 6.45) is 46.3. The van der Waals surface area contributed by atoms with Crippen LogP contribution in [-0.4, -0.2) is 23.1 Å². The molecule has 1 unspecified atom stereocenters. The van der Waals surface area contributed by atoms with E-state index in [0.29, 0.717) is 12.8 Å². The lowest BCUT2D eigenvalue weighted by Crippen LogP contribution is -2.18. The summed E-state index contributed by atoms with van der Waals surface area (Å²) in [6, 6.07) is 0. The summed E-state index contributed by atoms with van der Waals surface area (Å²) in [4.78, 5) is 23.0. The Kier molecular flexibility index (Phi) is 34.1. The number of allylic oxidation sites excluding steroid dienone is 6. The molecular formula is C40H72O4. The van der Waals surface area contributed by atoms with Gasteiger partial charge in [-0.1, -0.05) is 134 Å². The van der Waals surface area contributed by atoms with Crippen molar-refractivity contribution in [3.8, 4) is 0 Å². The Balaban J connectivity index is 3.66. The van der Waals surface area contributed by atoms with Crippen LogP contribution in [0.15, 0.2) is 36.5 Å². The molecule has 0 amide bonds. The van der Waals surface area contributed by atoms with Crippen LogP contribution in [0.2, 0.25) is 0 Å². The summed E-state index contributed by atoms with van der Waals surface area (Å²) in [5.41, 5.74) is 0. The Morgan fingerprint density at radius 1 is 0.500 bits per heavy atom. The lowest BCUT2D eigenvalue weighted by atomic mass is 10.0. The first-order valence-corrected chi connectivity index (χ1v) is 19.0. The van der Waals surface area contributed by atoms with E-state index in [1.807, 2.05) is 0 Å². The molecule has 0 aromatic carbocycles. The van der Waals surface area contributed by atoms with Gasteiger partial charge in [0.2, 0.25) is 0 Å². The summed E-state index contributed by atoms with van der Waals surface area (Å²) in [6.45, 7) is 4.45. The van der Waals surface area contributed by atoms with Crippen LogP contribution >= 0.6 is 0 Å². The molecule has 0 bridgehead atoms. The van der Waals surface area contributed by atoms with Crippen molar-refractivity contribution >= 4 is 11.9 Å². The first-order chi connectivity index (χ1) is 21.6. The number of carboxylic acid groups (broad SMARTS) is 1. The highest BCUT2D eigenvalue weighted by Crippen LogP contribution is 2.17. The van der Waals surface area contributed by atoms with Gasteiger partial charge in [-0.05, 0) is 89.9 Å². The Morgan fingerprint density at radius 3 is 1.45 bits per heavy atom. The van der Waals surface area contributed by atoms with Gasteiger partial charge in [-0.3, -0.25) is 9.59 Å². The van der Waals surface area contributed by atoms with Gasteiger partial charge < -0.3 is 9.84 Å². The van der Waals surface area contributed by atoms with Crippen LogP contribution in [0.25, 0.3) is 0 Å². The van der Waals surface area contributed by atoms with Gasteiger partial charge in [0.25, 0.3) is 0 Å². The predicted octanol–water partition coefficient (Wildman–Crippen LogP) is 13.0. The Bertz CT molecular complexity index is 708. The summed E-state index contributed by atoms with van der Waals surface area (Å²) in [7, 11) is 0. The number of carboxylic acids is 1. The van der Waals surface area contributed by atoms with Gasteiger partial charge in [-0.15, -0.1) is 0 Å². The lowest BCUT2D eigenvalue weighted by molar-refractivity contribution is -0.150. The van der Waals surface area contributed by atoms with Gasteiger partial charge in [0, 0.05) is 12.8 Å². The maximum absolute atomic E-state index is 12.4. The number of hydrogen-bond acceptors (Lipinski definition) is 3. The van der Waals surface area contributed by atoms with Gasteiger partial charge in [0.05, 0.1) is 0 Å². The minimum atomic E-state index is -0.685. The summed E-state index contributed by atoms with van der Waals surface area (Å²) >= 11 is 0. The zero-order chi connectivity index (χ0) is 32.2. The molecule has 0 saturated carbocycles. The second-order valence-electron chi connectivity index (χ2n) is 12.8. The van der Waals surface area contributed by atoms with Crippen LogP contribution in [0.5, 0.6) is 0 Å². The monoisotopic (exact) mass is 617 g/mol. The van der Waals surface area contributed by atoms with Gasteiger partial charge in [0.15, 0.2) is 0 Å². The van der Waals surface area contributed by atoms with Crippen molar-refractivity contribution in [2.45, 2.75) is 206 Å². The van der Waals surface area contributed by atoms with E-state index < -0.39 is 5.97 Å². The summed E-state index contributed by atoms with van der Waals surface area (Å²) in [5, 5.41) is 8.69. The van der Waals surface area contributed by atoms with E-state index in [1.54, 1.807) is 0 Å². The minimum absolute atomic E-state index is 0.000491. The van der Waals surface area contributed by atoms with Crippen LogP contribution in [0.4, 0.5) is 0 Å². The van der Waals surface area contributed by atoms with Crippen LogP contribution < -0.4 is 0 Å². The number of carbonyl (C=O) groups excluding carboxylic acids is 1. The molecule has 0 spiro atoms. The van der Waals surface area contributed by atoms with Gasteiger partial charge in [-0.25, -0.2) is 0 Å². The van der Waals surface area contributed by atoms with E-state index in [-0.39, 0.29) is 12.1 Å². The highest BCUT2D eigenvalue weighted by molar-refractivity contribution is 5.69. The molecule has 4 heteroatoms. The lowest BCUT2D eigenvalue weighted by Gasteiger charge is -2.18. The highest BCUT2D eigenvalue weighted by Gasteiger charge is 2.13. The quantitative estimate of drug-likeness (QED) is 0.0444. The average molecular weight is 617 g/mol. The molecule has 1 atom stereocenters. The first-order valence-electron chi connectivity index (χ1n) is 19.0. The third-order valence-corrected chi connectivity index (χ3v) is 8.33. The number of ether oxygens (including phenoxy) is 1. The van der Waals surface area contributed by atoms with E-state index in [1.165, 1.54) is 103 Å². The number of carbonyl (C=O) groups is 2. The number of rotatable bonds is 34. The molecule has 0 aromatic heterocycles. The van der Waals surface area contributed by atoms with E-state index in [0.717, 1.165) is 70.6 Å². The average Bonchev–Trinajstić information content (AvgIpc) is 3.01. The summed E-state index contributed by atoms with van der Waals surface area (Å²) < 4.78 is 5.89. The van der Waals surface area contributed by atoms with Crippen molar-refractivity contribution in [2.75, 3.05) is 0 Å². The van der Waals surface area contributed by atoms with E-state index in [2.05, 4.69) is 50.3 Å². The van der Waals surface area contributed by atoms with E-state index in [4.69, 9.17) is 9.84 Å². The molecule has 0 rings (SSSR count). The minimum Gasteiger partial charge on any atom is -0.481 e. The van der Waals surface area contributed by atoms with E-state index in [9.17, 15) is 9.59 Å². The zero-order valence-electron chi connectivity index (χ0n) is 29.2. The fourth-order valence-corrected chi connectivity index (χ4v) is 5.49. The normalized spacial score (nSPS) is 12.6. The largest absolute Gasteiger partial charge is 0.481 e. The van der Waals surface area contributed by atoms with Gasteiger partial charge in [-0.2, -0.15) is 0 Å². The number of esters is 1. The predicted molar refractivity (Wildman–Crippen MR) is 190 cm³/mol. The third-order valence-electron chi connectivity index (χ3n) is 8.33. The number of unbranched alkanes of at least 4 members (excludes halogenated alkanes) is 19. The standard InChI is InChI=1S/C40H72O4/c1-3-5-7-8-9-10-11-12-13-14-15-16-17-18-19-20-21-22-27-30-33-37-40(43)44-38(34-6-4-2)35-31-28-25-23-24-26-29-32-36-39(41)42/h9-10,12-13,18-19,38H,3-8,11,14-17,20-37H2,1-2H3,(H,41,42)/b10-9-,13-12-,19-18-. The maximum Gasteiger partial charge on any atom is 0.306 e. The third kappa shape index (κ3) is 34.6. The van der Waals surface area contributed by atoms with Crippen LogP contribution in [0, 0.1) is 0 Å². The molecule has 0 heterocycles. The molecule has 0 fully saturated rings. The van der Waals surface area contributed by atoms with Crippen molar-refractivity contribution in [1.82, 2.24) is 0 Å². The molecule has 0 aliphatic rings. The second-order valence-corrected chi connectivity index (χ2v) is 12.8. The van der Waals surface area contributed by atoms with E-state index >= 15 is 0 Å². The Labute approximate surface area is 273 Å². The second kappa shape index (κ2) is 35.6. The van der Waals surface area contributed by atoms with Crippen molar-refractivity contribution in [1.29, 1.82) is 0 Å². The molecule has 256 valence electrons. The topological polar surface area (TPSA) is 63.6 Å². The Hall–Kier alpha value is -1.84. The fourth-order valence-electron chi connectivity index (χ4n) is 5.49. The fraction of sp³-hybridized carbons (Fsp3) is 0.800. The molecule has 1 N–H and O–H groups in total. The van der Waals surface area contributed by atoms with Crippen LogP contribution in [0.3, 0.4) is 0 Å². The molecular weight excluding hydrogens is 544 g/mol. The molecule has 44 heavy (non-hydrogen) atoms. The van der Waals surface area contributed by atoms with Crippen molar-refractivity contribution < 1.29 is 19.4 Å². The van der Waals surface area contributed by atoms with Crippen LogP contribution in [0.1, 0.15) is 200 Å². The SMILES string of the molecule is CCCCC/C=C\C/C=C\CCCC/C=C\CCCCCCCC(=O)OC(CCCC)CCCCCCCCCCC(=O)O. The molecule has 0 aliphatic carbocycles. The molecule has 4 nitrogen and oxygen atoms in total. The van der Waals surface area contributed by atoms with Crippen LogP contribution in [-0.2, 0) is 14.3 Å². The van der Waals surface area contributed by atoms with Crippen molar-refractivity contribution in [3.63, 3.8) is 0 Å². The molecule has 0 aromatic rings. The molecule has 0 saturated heterocycles.